The molecule has 2 fully saturated rings. The van der Waals surface area contributed by atoms with E-state index in [1.54, 1.807) is 0 Å². The third-order valence-electron chi connectivity index (χ3n) is 6.49. The zero-order chi connectivity index (χ0) is 22.3. The summed E-state index contributed by atoms with van der Waals surface area (Å²) in [4.78, 5) is 14.5. The number of piperidine rings is 1. The van der Waals surface area contributed by atoms with Crippen LogP contribution < -0.4 is 0 Å². The Labute approximate surface area is 188 Å². The molecular formula is C25H31N5O2. The van der Waals surface area contributed by atoms with Gasteiger partial charge < -0.3 is 9.64 Å². The van der Waals surface area contributed by atoms with Crippen LogP contribution in [0.4, 0.5) is 0 Å². The summed E-state index contributed by atoms with van der Waals surface area (Å²) in [5.41, 5.74) is 4.07. The normalized spacial score (nSPS) is 18.2. The lowest BCUT2D eigenvalue weighted by Crippen LogP contribution is -2.39. The van der Waals surface area contributed by atoms with Crippen molar-refractivity contribution in [2.24, 2.45) is 5.41 Å². The topological polar surface area (TPSA) is 73.1 Å². The minimum absolute atomic E-state index is 0.0294. The van der Waals surface area contributed by atoms with Gasteiger partial charge in [-0.3, -0.25) is 9.48 Å². The van der Waals surface area contributed by atoms with Gasteiger partial charge in [-0.15, -0.1) is 0 Å². The highest BCUT2D eigenvalue weighted by molar-refractivity contribution is 5.83. The average molecular weight is 434 g/mol. The van der Waals surface area contributed by atoms with Crippen LogP contribution in [0.25, 0.3) is 22.2 Å². The molecule has 5 rings (SSSR count). The molecule has 2 aromatic heterocycles. The van der Waals surface area contributed by atoms with Crippen molar-refractivity contribution in [1.29, 1.82) is 0 Å². The second-order valence-corrected chi connectivity index (χ2v) is 10.3. The Balaban J connectivity index is 1.26. The Bertz CT molecular complexity index is 1100. The van der Waals surface area contributed by atoms with Crippen LogP contribution in [0.2, 0.25) is 0 Å². The fourth-order valence-corrected chi connectivity index (χ4v) is 4.56. The van der Waals surface area contributed by atoms with Gasteiger partial charge in [-0.05, 0) is 36.5 Å². The van der Waals surface area contributed by atoms with Gasteiger partial charge in [0.25, 0.3) is 0 Å². The van der Waals surface area contributed by atoms with Gasteiger partial charge in [0.15, 0.2) is 0 Å². The Hall–Kier alpha value is -2.80. The predicted molar refractivity (Wildman–Crippen MR) is 123 cm³/mol. The first-order valence-corrected chi connectivity index (χ1v) is 11.5. The fraction of sp³-hybridized carbons (Fsp3) is 0.520. The van der Waals surface area contributed by atoms with Crippen molar-refractivity contribution in [3.05, 3.63) is 42.2 Å². The first-order chi connectivity index (χ1) is 15.4. The minimum atomic E-state index is 0.0294. The van der Waals surface area contributed by atoms with Crippen molar-refractivity contribution in [2.75, 3.05) is 26.3 Å². The number of aromatic nitrogens is 4. The third-order valence-corrected chi connectivity index (χ3v) is 6.49. The van der Waals surface area contributed by atoms with Crippen LogP contribution in [0, 0.1) is 5.41 Å². The van der Waals surface area contributed by atoms with E-state index in [4.69, 9.17) is 4.74 Å². The molecule has 0 saturated carbocycles. The molecular weight excluding hydrogens is 402 g/mol. The third kappa shape index (κ3) is 4.26. The van der Waals surface area contributed by atoms with Gasteiger partial charge in [0, 0.05) is 36.4 Å². The summed E-state index contributed by atoms with van der Waals surface area (Å²) in [6.07, 6.45) is 4.39. The van der Waals surface area contributed by atoms with Crippen LogP contribution in [-0.2, 0) is 9.53 Å². The summed E-state index contributed by atoms with van der Waals surface area (Å²) in [6.45, 7) is 9.38. The highest BCUT2D eigenvalue weighted by Gasteiger charge is 2.27. The van der Waals surface area contributed by atoms with Crippen molar-refractivity contribution in [2.45, 2.75) is 52.0 Å². The number of fused-ring (bicyclic) bond motifs is 1. The van der Waals surface area contributed by atoms with Crippen LogP contribution in [0.1, 0.15) is 57.7 Å². The number of amides is 1. The fourth-order valence-electron chi connectivity index (χ4n) is 4.56. The zero-order valence-electron chi connectivity index (χ0n) is 19.1. The molecule has 0 bridgehead atoms. The maximum absolute atomic E-state index is 12.5. The molecule has 0 aliphatic carbocycles. The Kier molecular flexibility index (Phi) is 5.45. The van der Waals surface area contributed by atoms with E-state index < -0.39 is 0 Å². The van der Waals surface area contributed by atoms with Gasteiger partial charge in [-0.1, -0.05) is 32.9 Å². The van der Waals surface area contributed by atoms with Crippen molar-refractivity contribution in [3.63, 3.8) is 0 Å². The molecule has 7 heteroatoms. The van der Waals surface area contributed by atoms with Crippen molar-refractivity contribution >= 4 is 16.8 Å². The largest absolute Gasteiger partial charge is 0.377 e. The summed E-state index contributed by atoms with van der Waals surface area (Å²) in [6, 6.07) is 10.8. The molecule has 1 amide bonds. The predicted octanol–water partition coefficient (Wildman–Crippen LogP) is 4.21. The van der Waals surface area contributed by atoms with Crippen molar-refractivity contribution in [1.82, 2.24) is 24.9 Å². The molecule has 0 unspecified atom stereocenters. The van der Waals surface area contributed by atoms with Gasteiger partial charge in [-0.2, -0.15) is 15.3 Å². The number of benzene rings is 1. The molecule has 168 valence electrons. The maximum Gasteiger partial charge on any atom is 0.223 e. The lowest BCUT2D eigenvalue weighted by Gasteiger charge is -2.33. The van der Waals surface area contributed by atoms with Crippen LogP contribution >= 0.6 is 0 Å². The number of rotatable bonds is 4. The molecule has 2 aliphatic heterocycles. The second kappa shape index (κ2) is 8.28. The second-order valence-electron chi connectivity index (χ2n) is 10.3. The molecule has 4 heterocycles. The van der Waals surface area contributed by atoms with E-state index in [9.17, 15) is 4.79 Å². The molecule has 0 N–H and O–H groups in total. The zero-order valence-corrected chi connectivity index (χ0v) is 19.1. The van der Waals surface area contributed by atoms with Gasteiger partial charge in [0.2, 0.25) is 5.91 Å². The number of ether oxygens (including phenoxy) is 1. The number of carbonyl (C=O) groups excluding carboxylic acids is 1. The minimum Gasteiger partial charge on any atom is -0.377 e. The van der Waals surface area contributed by atoms with E-state index in [2.05, 4.69) is 71.1 Å². The summed E-state index contributed by atoms with van der Waals surface area (Å²) < 4.78 is 7.38. The van der Waals surface area contributed by atoms with E-state index >= 15 is 0 Å². The van der Waals surface area contributed by atoms with Crippen LogP contribution in [0.3, 0.4) is 0 Å². The van der Waals surface area contributed by atoms with Crippen LogP contribution in [0.5, 0.6) is 0 Å². The first-order valence-electron chi connectivity index (χ1n) is 11.5. The van der Waals surface area contributed by atoms with E-state index in [0.29, 0.717) is 18.4 Å². The van der Waals surface area contributed by atoms with Crippen molar-refractivity contribution in [3.8, 4) is 11.3 Å². The first kappa shape index (κ1) is 21.1. The SMILES string of the molecule is CC(C)(C)CC(=O)N1CCC(c2ccc(-c3ccc4cnn(C5COC5)c4c3)nn2)CC1. The van der Waals surface area contributed by atoms with Gasteiger partial charge in [0.1, 0.15) is 0 Å². The van der Waals surface area contributed by atoms with E-state index in [-0.39, 0.29) is 11.3 Å². The highest BCUT2D eigenvalue weighted by atomic mass is 16.5. The Morgan fingerprint density at radius 2 is 1.88 bits per heavy atom. The summed E-state index contributed by atoms with van der Waals surface area (Å²) in [5, 5.41) is 14.8. The number of carbonyl (C=O) groups is 1. The quantitative estimate of drug-likeness (QED) is 0.616. The number of hydrogen-bond donors (Lipinski definition) is 0. The Morgan fingerprint density at radius 3 is 2.50 bits per heavy atom. The van der Waals surface area contributed by atoms with Gasteiger partial charge in [-0.25, -0.2) is 0 Å². The molecule has 1 aromatic carbocycles. The molecule has 3 aromatic rings. The maximum atomic E-state index is 12.5. The molecule has 7 nitrogen and oxygen atoms in total. The van der Waals surface area contributed by atoms with Crippen molar-refractivity contribution < 1.29 is 9.53 Å². The standard InChI is InChI=1S/C25H31N5O2/c1-25(2,3)13-24(31)29-10-8-17(9-11-29)21-6-7-22(28-27-21)18-4-5-19-14-26-30(23(19)12-18)20-15-32-16-20/h4-7,12,14,17,20H,8-11,13,15-16H2,1-3H3. The van der Waals surface area contributed by atoms with E-state index in [1.165, 1.54) is 0 Å². The molecule has 0 radical (unpaired) electrons. The highest BCUT2D eigenvalue weighted by Crippen LogP contribution is 2.30. The lowest BCUT2D eigenvalue weighted by molar-refractivity contribution is -0.134. The summed E-state index contributed by atoms with van der Waals surface area (Å²) in [7, 11) is 0. The number of hydrogen-bond acceptors (Lipinski definition) is 5. The lowest BCUT2D eigenvalue weighted by atomic mass is 9.89. The number of nitrogens with zero attached hydrogens (tertiary/aromatic N) is 5. The van der Waals surface area contributed by atoms with Crippen LogP contribution in [0.15, 0.2) is 36.5 Å². The molecule has 2 aliphatic rings. The summed E-state index contributed by atoms with van der Waals surface area (Å²) in [5.74, 6) is 0.623. The Morgan fingerprint density at radius 1 is 1.09 bits per heavy atom. The van der Waals surface area contributed by atoms with Gasteiger partial charge >= 0.3 is 0 Å². The molecule has 0 spiro atoms. The average Bonchev–Trinajstić information content (AvgIpc) is 3.14. The van der Waals surface area contributed by atoms with Crippen LogP contribution in [-0.4, -0.2) is 57.1 Å². The molecule has 0 atom stereocenters. The number of likely N-dealkylation sites (tertiary alicyclic amines) is 1. The van der Waals surface area contributed by atoms with E-state index in [0.717, 1.165) is 67.0 Å². The molecule has 32 heavy (non-hydrogen) atoms. The monoisotopic (exact) mass is 433 g/mol. The smallest absolute Gasteiger partial charge is 0.223 e. The summed E-state index contributed by atoms with van der Waals surface area (Å²) >= 11 is 0. The molecule has 2 saturated heterocycles. The van der Waals surface area contributed by atoms with E-state index in [1.807, 2.05) is 11.1 Å². The van der Waals surface area contributed by atoms with Gasteiger partial charge in [0.05, 0.1) is 42.4 Å².